The van der Waals surface area contributed by atoms with Gasteiger partial charge in [0.25, 0.3) is 0 Å². The molecule has 0 fully saturated rings. The molecule has 2 aromatic rings. The first kappa shape index (κ1) is 13.5. The number of hydrogen-bond acceptors (Lipinski definition) is 5. The van der Waals surface area contributed by atoms with Crippen molar-refractivity contribution in [1.29, 1.82) is 0 Å². The number of nitrogens with two attached hydrogens (primary N) is 1. The van der Waals surface area contributed by atoms with E-state index >= 15 is 0 Å². The molecule has 0 bridgehead atoms. The highest BCUT2D eigenvalue weighted by atomic mass is 32.1. The lowest BCUT2D eigenvalue weighted by atomic mass is 10.2. The molecule has 0 saturated carbocycles. The summed E-state index contributed by atoms with van der Waals surface area (Å²) in [6, 6.07) is 6.42. The second-order valence-corrected chi connectivity index (χ2v) is 4.71. The fourth-order valence-electron chi connectivity index (χ4n) is 1.55. The fourth-order valence-corrected chi connectivity index (χ4v) is 2.41. The Morgan fingerprint density at radius 2 is 2.16 bits per heavy atom. The van der Waals surface area contributed by atoms with E-state index in [1.807, 2.05) is 31.2 Å². The summed E-state index contributed by atoms with van der Waals surface area (Å²) in [5.74, 6) is -0.284. The van der Waals surface area contributed by atoms with Gasteiger partial charge in [0, 0.05) is 10.9 Å². The lowest BCUT2D eigenvalue weighted by molar-refractivity contribution is -0.138. The summed E-state index contributed by atoms with van der Waals surface area (Å²) in [7, 11) is 0. The minimum Gasteiger partial charge on any atom is -0.494 e. The van der Waals surface area contributed by atoms with E-state index in [2.05, 4.69) is 4.98 Å². The van der Waals surface area contributed by atoms with Crippen LogP contribution < -0.4 is 10.5 Å². The molecule has 0 amide bonds. The van der Waals surface area contributed by atoms with Gasteiger partial charge in [0.15, 0.2) is 0 Å². The van der Waals surface area contributed by atoms with Crippen molar-refractivity contribution in [2.24, 2.45) is 5.73 Å². The second-order valence-electron chi connectivity index (χ2n) is 3.85. The van der Waals surface area contributed by atoms with Crippen molar-refractivity contribution < 1.29 is 14.6 Å². The van der Waals surface area contributed by atoms with E-state index in [9.17, 15) is 4.79 Å². The van der Waals surface area contributed by atoms with Gasteiger partial charge in [-0.25, -0.2) is 4.98 Å². The van der Waals surface area contributed by atoms with Crippen LogP contribution in [0.4, 0.5) is 0 Å². The average molecular weight is 278 g/mol. The Morgan fingerprint density at radius 1 is 1.47 bits per heavy atom. The van der Waals surface area contributed by atoms with Crippen LogP contribution in [-0.4, -0.2) is 22.7 Å². The molecule has 1 aromatic heterocycles. The van der Waals surface area contributed by atoms with Crippen LogP contribution in [0.3, 0.4) is 0 Å². The van der Waals surface area contributed by atoms with E-state index in [4.69, 9.17) is 15.6 Å². The molecular formula is C13H14N2O3S. The van der Waals surface area contributed by atoms with Crippen LogP contribution in [0, 0.1) is 0 Å². The van der Waals surface area contributed by atoms with Gasteiger partial charge in [0.2, 0.25) is 0 Å². The molecule has 5 nitrogen and oxygen atoms in total. The predicted molar refractivity (Wildman–Crippen MR) is 73.3 cm³/mol. The lowest BCUT2D eigenvalue weighted by Gasteiger charge is -2.03. The van der Waals surface area contributed by atoms with E-state index in [-0.39, 0.29) is 0 Å². The molecule has 0 radical (unpaired) electrons. The molecule has 0 aliphatic heterocycles. The van der Waals surface area contributed by atoms with Gasteiger partial charge in [-0.2, -0.15) is 0 Å². The van der Waals surface area contributed by atoms with Crippen molar-refractivity contribution in [3.05, 3.63) is 35.3 Å². The number of rotatable bonds is 5. The molecule has 1 aromatic carbocycles. The van der Waals surface area contributed by atoms with Crippen molar-refractivity contribution in [1.82, 2.24) is 4.98 Å². The molecule has 3 N–H and O–H groups in total. The Kier molecular flexibility index (Phi) is 4.13. The van der Waals surface area contributed by atoms with Gasteiger partial charge in [-0.05, 0) is 31.2 Å². The number of aliphatic carboxylic acids is 1. The Labute approximate surface area is 114 Å². The molecule has 6 heteroatoms. The topological polar surface area (TPSA) is 85.4 Å². The Balaban J connectivity index is 2.20. The summed E-state index contributed by atoms with van der Waals surface area (Å²) in [5, 5.41) is 11.3. The maximum absolute atomic E-state index is 10.8. The largest absolute Gasteiger partial charge is 0.494 e. The number of carbonyl (C=O) groups is 1. The third-order valence-electron chi connectivity index (χ3n) is 2.52. The van der Waals surface area contributed by atoms with Gasteiger partial charge in [-0.1, -0.05) is 0 Å². The van der Waals surface area contributed by atoms with E-state index in [0.29, 0.717) is 12.3 Å². The smallest absolute Gasteiger partial charge is 0.326 e. The molecule has 1 unspecified atom stereocenters. The number of thiazole rings is 1. The summed E-state index contributed by atoms with van der Waals surface area (Å²) in [5.41, 5.74) is 6.81. The second kappa shape index (κ2) is 5.81. The van der Waals surface area contributed by atoms with Crippen LogP contribution in [0.2, 0.25) is 0 Å². The maximum Gasteiger partial charge on any atom is 0.326 e. The van der Waals surface area contributed by atoms with Crippen molar-refractivity contribution in [3.63, 3.8) is 0 Å². The van der Waals surface area contributed by atoms with Gasteiger partial charge >= 0.3 is 5.97 Å². The first-order valence-electron chi connectivity index (χ1n) is 5.79. The van der Waals surface area contributed by atoms with E-state index in [1.165, 1.54) is 11.3 Å². The van der Waals surface area contributed by atoms with E-state index < -0.39 is 12.0 Å². The van der Waals surface area contributed by atoms with Crippen molar-refractivity contribution in [2.75, 3.05) is 6.61 Å². The molecule has 1 heterocycles. The van der Waals surface area contributed by atoms with Crippen LogP contribution in [-0.2, 0) is 4.79 Å². The van der Waals surface area contributed by atoms with Crippen LogP contribution in [0.1, 0.15) is 18.7 Å². The number of ether oxygens (including phenoxy) is 1. The Hall–Kier alpha value is -1.92. The highest BCUT2D eigenvalue weighted by Crippen LogP contribution is 2.27. The quantitative estimate of drug-likeness (QED) is 0.876. The minimum absolute atomic E-state index is 0.376. The summed E-state index contributed by atoms with van der Waals surface area (Å²) in [6.45, 7) is 2.54. The van der Waals surface area contributed by atoms with Crippen LogP contribution in [0.15, 0.2) is 29.6 Å². The van der Waals surface area contributed by atoms with Gasteiger partial charge in [-0.15, -0.1) is 11.3 Å². The zero-order valence-electron chi connectivity index (χ0n) is 10.4. The minimum atomic E-state index is -1.08. The average Bonchev–Trinajstić information content (AvgIpc) is 2.88. The lowest BCUT2D eigenvalue weighted by Crippen LogP contribution is -2.20. The van der Waals surface area contributed by atoms with Crippen molar-refractivity contribution in [2.45, 2.75) is 13.0 Å². The number of carboxylic acid groups (broad SMARTS) is 1. The molecule has 2 rings (SSSR count). The number of carboxylic acids is 1. The van der Waals surface area contributed by atoms with Gasteiger partial charge < -0.3 is 15.6 Å². The summed E-state index contributed by atoms with van der Waals surface area (Å²) in [4.78, 5) is 15.0. The zero-order valence-corrected chi connectivity index (χ0v) is 11.2. The zero-order chi connectivity index (χ0) is 13.8. The standard InChI is InChI=1S/C13H14N2O3S/c1-2-18-9-5-3-8(4-6-9)12-15-10(7-19-12)11(14)13(16)17/h3-7,11H,2,14H2,1H3,(H,16,17). The number of hydrogen-bond donors (Lipinski definition) is 2. The van der Waals surface area contributed by atoms with Crippen LogP contribution >= 0.6 is 11.3 Å². The fraction of sp³-hybridized carbons (Fsp3) is 0.231. The van der Waals surface area contributed by atoms with Crippen molar-refractivity contribution in [3.8, 4) is 16.3 Å². The molecule has 0 spiro atoms. The number of benzene rings is 1. The van der Waals surface area contributed by atoms with Crippen LogP contribution in [0.5, 0.6) is 5.75 Å². The van der Waals surface area contributed by atoms with E-state index in [1.54, 1.807) is 5.38 Å². The van der Waals surface area contributed by atoms with Gasteiger partial charge in [-0.3, -0.25) is 4.79 Å². The Morgan fingerprint density at radius 3 is 2.74 bits per heavy atom. The molecule has 0 aliphatic carbocycles. The molecule has 0 aliphatic rings. The number of nitrogens with zero attached hydrogens (tertiary/aromatic N) is 1. The predicted octanol–water partition coefficient (Wildman–Crippen LogP) is 2.29. The highest BCUT2D eigenvalue weighted by molar-refractivity contribution is 7.13. The van der Waals surface area contributed by atoms with Gasteiger partial charge in [0.05, 0.1) is 12.3 Å². The molecule has 0 saturated heterocycles. The SMILES string of the molecule is CCOc1ccc(-c2nc(C(N)C(=O)O)cs2)cc1. The third kappa shape index (κ3) is 3.10. The summed E-state index contributed by atoms with van der Waals surface area (Å²) < 4.78 is 5.36. The summed E-state index contributed by atoms with van der Waals surface area (Å²) in [6.07, 6.45) is 0. The Bertz CT molecular complexity index is 566. The summed E-state index contributed by atoms with van der Waals surface area (Å²) >= 11 is 1.37. The maximum atomic E-state index is 10.8. The molecular weight excluding hydrogens is 264 g/mol. The third-order valence-corrected chi connectivity index (χ3v) is 3.43. The number of aromatic nitrogens is 1. The molecule has 1 atom stereocenters. The van der Waals surface area contributed by atoms with Gasteiger partial charge in [0.1, 0.15) is 16.8 Å². The molecule has 100 valence electrons. The first-order valence-corrected chi connectivity index (χ1v) is 6.67. The first-order chi connectivity index (χ1) is 9.11. The van der Waals surface area contributed by atoms with E-state index in [0.717, 1.165) is 16.3 Å². The highest BCUT2D eigenvalue weighted by Gasteiger charge is 2.18. The van der Waals surface area contributed by atoms with Crippen molar-refractivity contribution >= 4 is 17.3 Å². The monoisotopic (exact) mass is 278 g/mol. The normalized spacial score (nSPS) is 12.1. The molecule has 19 heavy (non-hydrogen) atoms. The van der Waals surface area contributed by atoms with Crippen LogP contribution in [0.25, 0.3) is 10.6 Å².